The Bertz CT molecular complexity index is 2280. The highest BCUT2D eigenvalue weighted by atomic mass is 35.5. The van der Waals surface area contributed by atoms with Crippen LogP contribution in [-0.4, -0.2) is 48.3 Å². The predicted octanol–water partition coefficient (Wildman–Crippen LogP) is 10.6. The third-order valence-electron chi connectivity index (χ3n) is 11.8. The molecule has 0 saturated carbocycles. The third-order valence-corrected chi connectivity index (χ3v) is 12.2. The van der Waals surface area contributed by atoms with Crippen molar-refractivity contribution in [2.24, 2.45) is 0 Å². The van der Waals surface area contributed by atoms with Gasteiger partial charge in [0.25, 0.3) is 0 Å². The van der Waals surface area contributed by atoms with Gasteiger partial charge in [-0.25, -0.2) is 0 Å². The van der Waals surface area contributed by atoms with Crippen molar-refractivity contribution in [3.05, 3.63) is 207 Å². The topological polar surface area (TPSA) is 75.6 Å². The number of hydrogen-bond acceptors (Lipinski definition) is 7. The van der Waals surface area contributed by atoms with Crippen LogP contribution in [0.1, 0.15) is 64.8 Å². The van der Waals surface area contributed by atoms with E-state index in [1.807, 2.05) is 97.9 Å². The molecule has 1 spiro atoms. The molecule has 61 heavy (non-hydrogen) atoms. The van der Waals surface area contributed by atoms with Crippen LogP contribution in [0.25, 0.3) is 0 Å². The molecule has 6 aromatic carbocycles. The minimum atomic E-state index is -1.22. The number of ether oxygens (including phenoxy) is 6. The van der Waals surface area contributed by atoms with Gasteiger partial charge >= 0.3 is 0 Å². The molecule has 316 valence electrons. The average molecular weight is 839 g/mol. The van der Waals surface area contributed by atoms with E-state index in [9.17, 15) is 5.11 Å². The first-order valence-corrected chi connectivity index (χ1v) is 21.7. The maximum Gasteiger partial charge on any atom is 0.132 e. The molecular formula is C53H55ClO7. The Kier molecular flexibility index (Phi) is 14.0. The number of fused-ring (bicyclic) bond motifs is 2. The van der Waals surface area contributed by atoms with Crippen molar-refractivity contribution in [2.45, 2.75) is 95.2 Å². The number of aliphatic hydroxyl groups is 1. The van der Waals surface area contributed by atoms with Gasteiger partial charge in [0.2, 0.25) is 0 Å². The normalized spacial score (nSPS) is 23.3. The number of benzene rings is 6. The molecule has 0 radical (unpaired) electrons. The lowest BCUT2D eigenvalue weighted by Gasteiger charge is -2.57. The van der Waals surface area contributed by atoms with E-state index in [1.54, 1.807) is 0 Å². The van der Waals surface area contributed by atoms with Gasteiger partial charge in [-0.1, -0.05) is 164 Å². The molecule has 6 atom stereocenters. The number of aliphatic hydroxyl groups excluding tert-OH is 1. The molecule has 0 aromatic heterocycles. The van der Waals surface area contributed by atoms with Gasteiger partial charge in [-0.3, -0.25) is 0 Å². The van der Waals surface area contributed by atoms with E-state index in [-0.39, 0.29) is 26.2 Å². The van der Waals surface area contributed by atoms with Crippen LogP contribution < -0.4 is 4.74 Å². The van der Waals surface area contributed by atoms with Gasteiger partial charge < -0.3 is 33.5 Å². The Balaban J connectivity index is 1.27. The van der Waals surface area contributed by atoms with Crippen LogP contribution in [0.2, 0.25) is 5.02 Å². The van der Waals surface area contributed by atoms with Crippen LogP contribution in [-0.2, 0) is 68.6 Å². The smallest absolute Gasteiger partial charge is 0.132 e. The summed E-state index contributed by atoms with van der Waals surface area (Å²) in [5.41, 5.74) is 5.90. The van der Waals surface area contributed by atoms with E-state index < -0.39 is 35.6 Å². The molecular weight excluding hydrogens is 784 g/mol. The van der Waals surface area contributed by atoms with Crippen molar-refractivity contribution in [1.82, 2.24) is 0 Å². The molecule has 1 saturated heterocycles. The minimum absolute atomic E-state index is 0.197. The molecule has 1 N–H and O–H groups in total. The summed E-state index contributed by atoms with van der Waals surface area (Å²) in [4.78, 5) is 0. The second-order valence-electron chi connectivity index (χ2n) is 16.5. The Hall–Kier alpha value is -4.83. The zero-order valence-electron chi connectivity index (χ0n) is 35.0. The van der Waals surface area contributed by atoms with Crippen molar-refractivity contribution >= 4 is 11.6 Å². The summed E-state index contributed by atoms with van der Waals surface area (Å²) in [5.74, 6) is 0.528. The number of rotatable bonds is 17. The van der Waals surface area contributed by atoms with Gasteiger partial charge in [-0.2, -0.15) is 0 Å². The quantitative estimate of drug-likeness (QED) is 0.0980. The second kappa shape index (κ2) is 19.9. The first-order chi connectivity index (χ1) is 29.8. The monoisotopic (exact) mass is 838 g/mol. The molecule has 1 fully saturated rings. The first-order valence-electron chi connectivity index (χ1n) is 21.3. The van der Waals surface area contributed by atoms with Crippen LogP contribution in [0.3, 0.4) is 0 Å². The molecule has 2 aliphatic heterocycles. The lowest BCUT2D eigenvalue weighted by Crippen LogP contribution is -2.68. The van der Waals surface area contributed by atoms with Crippen molar-refractivity contribution in [3.63, 3.8) is 0 Å². The molecule has 0 amide bonds. The summed E-state index contributed by atoms with van der Waals surface area (Å²) in [6.45, 7) is 5.27. The van der Waals surface area contributed by atoms with Crippen molar-refractivity contribution < 1.29 is 33.5 Å². The first kappa shape index (κ1) is 42.8. The zero-order valence-corrected chi connectivity index (χ0v) is 35.7. The van der Waals surface area contributed by atoms with Gasteiger partial charge in [0.1, 0.15) is 41.4 Å². The Labute approximate surface area is 365 Å². The number of aryl methyl sites for hydroxylation is 1. The minimum Gasteiger partial charge on any atom is -0.485 e. The molecule has 2 aliphatic rings. The molecule has 8 heteroatoms. The van der Waals surface area contributed by atoms with Crippen LogP contribution in [0.15, 0.2) is 158 Å². The van der Waals surface area contributed by atoms with E-state index in [0.717, 1.165) is 45.4 Å². The highest BCUT2D eigenvalue weighted by Gasteiger charge is 2.62. The molecule has 7 nitrogen and oxygen atoms in total. The lowest BCUT2D eigenvalue weighted by atomic mass is 9.71. The van der Waals surface area contributed by atoms with Gasteiger partial charge in [0, 0.05) is 17.0 Å². The summed E-state index contributed by atoms with van der Waals surface area (Å²) >= 11 is 7.16. The van der Waals surface area contributed by atoms with Gasteiger partial charge in [-0.05, 0) is 70.8 Å². The summed E-state index contributed by atoms with van der Waals surface area (Å²) in [7, 11) is 0. The van der Waals surface area contributed by atoms with Crippen LogP contribution in [0, 0.1) is 0 Å². The zero-order chi connectivity index (χ0) is 42.1. The van der Waals surface area contributed by atoms with Gasteiger partial charge in [-0.15, -0.1) is 0 Å². The standard InChI is InChI=1S/C53H55ClO7/c1-3-38-24-26-39(27-25-38)28-44-29-45-47(30-46(44)54)60-52(2,37-55)36-53(45)51(59-34-43-22-14-7-15-23-43)50(58-33-42-20-12-6-13-21-42)49(57-32-41-18-10-5-11-19-41)48(61-53)35-56-31-40-16-8-4-9-17-40/h4-27,29-30,48-51,55H,3,28,31-37H2,1-2H3/t48-,49-,50+,51-,52?,53?/m1/s1. The summed E-state index contributed by atoms with van der Waals surface area (Å²) in [5, 5.41) is 11.7. The molecule has 0 bridgehead atoms. The molecule has 6 aromatic rings. The third kappa shape index (κ3) is 10.3. The SMILES string of the molecule is CCc1ccc(Cc2cc3c(cc2Cl)OC(C)(CO)CC32O[C@H](COCc3ccccc3)[C@@H](OCc3ccccc3)[C@H](OCc3ccccc3)[C@H]2OCc2ccccc2)cc1. The van der Waals surface area contributed by atoms with E-state index >= 15 is 0 Å². The fourth-order valence-electron chi connectivity index (χ4n) is 8.62. The summed E-state index contributed by atoms with van der Waals surface area (Å²) in [6, 6.07) is 53.1. The van der Waals surface area contributed by atoms with Crippen LogP contribution in [0.4, 0.5) is 0 Å². The number of halogens is 1. The second-order valence-corrected chi connectivity index (χ2v) is 16.9. The highest BCUT2D eigenvalue weighted by molar-refractivity contribution is 6.31. The fourth-order valence-corrected chi connectivity index (χ4v) is 8.84. The Morgan fingerprint density at radius 2 is 1.13 bits per heavy atom. The van der Waals surface area contributed by atoms with Crippen LogP contribution in [0.5, 0.6) is 5.75 Å². The average Bonchev–Trinajstić information content (AvgIpc) is 3.29. The fraction of sp³-hybridized carbons (Fsp3) is 0.321. The highest BCUT2D eigenvalue weighted by Crippen LogP contribution is 2.55. The Morgan fingerprint density at radius 3 is 1.67 bits per heavy atom. The van der Waals surface area contributed by atoms with E-state index in [2.05, 4.69) is 73.7 Å². The largest absolute Gasteiger partial charge is 0.485 e. The number of hydrogen-bond donors (Lipinski definition) is 1. The van der Waals surface area contributed by atoms with Crippen molar-refractivity contribution in [3.8, 4) is 5.75 Å². The molecule has 0 aliphatic carbocycles. The Morgan fingerprint density at radius 1 is 0.623 bits per heavy atom. The summed E-state index contributed by atoms with van der Waals surface area (Å²) in [6.07, 6.45) is -0.901. The predicted molar refractivity (Wildman–Crippen MR) is 239 cm³/mol. The molecule has 2 unspecified atom stereocenters. The molecule has 8 rings (SSSR count). The van der Waals surface area contributed by atoms with Gasteiger partial charge in [0.05, 0.1) is 39.6 Å². The van der Waals surface area contributed by atoms with E-state index in [0.29, 0.717) is 37.0 Å². The summed E-state index contributed by atoms with van der Waals surface area (Å²) < 4.78 is 42.3. The van der Waals surface area contributed by atoms with Gasteiger partial charge in [0.15, 0.2) is 0 Å². The van der Waals surface area contributed by atoms with Crippen LogP contribution >= 0.6 is 11.6 Å². The molecule has 2 heterocycles. The van der Waals surface area contributed by atoms with E-state index in [4.69, 9.17) is 40.0 Å². The maximum atomic E-state index is 11.1. The van der Waals surface area contributed by atoms with Crippen molar-refractivity contribution in [1.29, 1.82) is 0 Å². The van der Waals surface area contributed by atoms with Crippen molar-refractivity contribution in [2.75, 3.05) is 13.2 Å². The maximum absolute atomic E-state index is 11.1. The van der Waals surface area contributed by atoms with E-state index in [1.165, 1.54) is 5.56 Å². The lowest BCUT2D eigenvalue weighted by molar-refractivity contribution is -0.326.